The maximum atomic E-state index is 11.6. The highest BCUT2D eigenvalue weighted by molar-refractivity contribution is 5.88. The van der Waals surface area contributed by atoms with Crippen LogP contribution in [0.1, 0.15) is 56.6 Å². The van der Waals surface area contributed by atoms with E-state index in [-0.39, 0.29) is 0 Å². The molecule has 0 unspecified atom stereocenters. The van der Waals surface area contributed by atoms with Crippen LogP contribution in [0.4, 0.5) is 0 Å². The summed E-state index contributed by atoms with van der Waals surface area (Å²) in [6, 6.07) is 3.04. The number of ether oxygens (including phenoxy) is 1. The molecule has 0 amide bonds. The van der Waals surface area contributed by atoms with Gasteiger partial charge in [0.05, 0.1) is 24.5 Å². The summed E-state index contributed by atoms with van der Waals surface area (Å²) in [5.41, 5.74) is -0.747. The van der Waals surface area contributed by atoms with Gasteiger partial charge in [0.1, 0.15) is 5.60 Å². The number of hydrogen-bond donors (Lipinski definition) is 2. The zero-order valence-electron chi connectivity index (χ0n) is 12.7. The number of aliphatic hydroxyl groups excluding tert-OH is 1. The monoisotopic (exact) mass is 283 g/mol. The molecule has 0 aliphatic heterocycles. The minimum Gasteiger partial charge on any atom is -0.462 e. The quantitative estimate of drug-likeness (QED) is 0.618. The first-order valence-electron chi connectivity index (χ1n) is 6.98. The zero-order chi connectivity index (χ0) is 15.6. The highest BCUT2D eigenvalue weighted by Crippen LogP contribution is 2.17. The Morgan fingerprint density at radius 1 is 1.40 bits per heavy atom. The van der Waals surface area contributed by atoms with Crippen molar-refractivity contribution < 1.29 is 19.7 Å². The van der Waals surface area contributed by atoms with Crippen molar-refractivity contribution in [2.45, 2.75) is 46.1 Å². The summed E-state index contributed by atoms with van der Waals surface area (Å²) in [7, 11) is 0. The number of carbonyl (C=O) groups is 1. The molecule has 0 bridgehead atoms. The molecule has 0 aliphatic carbocycles. The molecule has 1 atom stereocenters. The van der Waals surface area contributed by atoms with Gasteiger partial charge in [0.2, 0.25) is 0 Å². The van der Waals surface area contributed by atoms with Crippen LogP contribution in [0.25, 0.3) is 0 Å². The summed E-state index contributed by atoms with van der Waals surface area (Å²) >= 11 is 0. The lowest BCUT2D eigenvalue weighted by Crippen LogP contribution is -2.27. The summed E-state index contributed by atoms with van der Waals surface area (Å²) in [5.74, 6) is -0.425. The summed E-state index contributed by atoms with van der Waals surface area (Å²) in [6.07, 6.45) is 3.13. The molecule has 2 N–H and O–H groups in total. The van der Waals surface area contributed by atoms with Crippen molar-refractivity contribution in [2.75, 3.05) is 13.2 Å². The molecule has 1 aromatic heterocycles. The van der Waals surface area contributed by atoms with Gasteiger partial charge < -0.3 is 14.9 Å². The van der Waals surface area contributed by atoms with E-state index in [1.807, 2.05) is 20.8 Å². The van der Waals surface area contributed by atoms with Crippen molar-refractivity contribution in [2.24, 2.45) is 0 Å². The van der Waals surface area contributed by atoms with Gasteiger partial charge >= 0.3 is 5.97 Å². The number of aromatic nitrogens is 1. The average Bonchev–Trinajstić information content (AvgIpc) is 2.49. The zero-order valence-corrected chi connectivity index (χ0v) is 12.7. The molecule has 114 valence electrons. The molecule has 0 fully saturated rings. The van der Waals surface area contributed by atoms with E-state index in [9.17, 15) is 9.90 Å². The number of carbonyl (C=O) groups excluding carboxylic acids is 1. The van der Waals surface area contributed by atoms with Crippen molar-refractivity contribution in [1.29, 1.82) is 0 Å². The molecular formula is C15H25NO4. The van der Waals surface area contributed by atoms with Gasteiger partial charge in [-0.3, -0.25) is 4.98 Å². The molecule has 0 aromatic carbocycles. The lowest BCUT2D eigenvalue weighted by molar-refractivity contribution is -0.00591. The summed E-state index contributed by atoms with van der Waals surface area (Å²) < 4.78 is 5.03. The van der Waals surface area contributed by atoms with Gasteiger partial charge in [-0.25, -0.2) is 4.79 Å². The van der Waals surface area contributed by atoms with Crippen LogP contribution < -0.4 is 0 Å². The molecule has 20 heavy (non-hydrogen) atoms. The van der Waals surface area contributed by atoms with E-state index in [4.69, 9.17) is 9.84 Å². The number of rotatable bonds is 6. The number of esters is 1. The number of nitrogens with zero attached hydrogens (tertiary/aromatic N) is 1. The highest BCUT2D eigenvalue weighted by Gasteiger charge is 2.23. The molecule has 0 saturated heterocycles. The van der Waals surface area contributed by atoms with Gasteiger partial charge in [0, 0.05) is 6.20 Å². The van der Waals surface area contributed by atoms with E-state index in [1.54, 1.807) is 0 Å². The van der Waals surface area contributed by atoms with Crippen LogP contribution >= 0.6 is 0 Å². The SMILES string of the molecule is CC.CCCCOC(=O)c1ccc([C@](C)(O)CO)nc1. The second kappa shape index (κ2) is 9.44. The topological polar surface area (TPSA) is 79.7 Å². The maximum Gasteiger partial charge on any atom is 0.339 e. The Balaban J connectivity index is 0.00000172. The molecule has 1 rings (SSSR count). The van der Waals surface area contributed by atoms with Crippen LogP contribution in [0, 0.1) is 0 Å². The fraction of sp³-hybridized carbons (Fsp3) is 0.600. The molecule has 0 spiro atoms. The van der Waals surface area contributed by atoms with Crippen LogP contribution in [0.2, 0.25) is 0 Å². The average molecular weight is 283 g/mol. The second-order valence-corrected chi connectivity index (χ2v) is 4.35. The summed E-state index contributed by atoms with van der Waals surface area (Å²) in [5, 5.41) is 18.8. The first-order chi connectivity index (χ1) is 9.51. The number of aliphatic hydroxyl groups is 2. The minimum absolute atomic E-state index is 0.315. The third-order valence-corrected chi connectivity index (χ3v) is 2.59. The van der Waals surface area contributed by atoms with Crippen molar-refractivity contribution in [3.63, 3.8) is 0 Å². The molecule has 5 heteroatoms. The van der Waals surface area contributed by atoms with Crippen LogP contribution in [0.3, 0.4) is 0 Å². The smallest absolute Gasteiger partial charge is 0.339 e. The van der Waals surface area contributed by atoms with Gasteiger partial charge in [0.15, 0.2) is 0 Å². The first-order valence-corrected chi connectivity index (χ1v) is 6.98. The Kier molecular flexibility index (Phi) is 8.76. The van der Waals surface area contributed by atoms with E-state index in [1.165, 1.54) is 25.3 Å². The van der Waals surface area contributed by atoms with Gasteiger partial charge in [-0.1, -0.05) is 27.2 Å². The Morgan fingerprint density at radius 3 is 2.50 bits per heavy atom. The number of pyridine rings is 1. The summed E-state index contributed by atoms with van der Waals surface area (Å²) in [4.78, 5) is 15.5. The Labute approximate surface area is 120 Å². The van der Waals surface area contributed by atoms with E-state index < -0.39 is 18.2 Å². The molecule has 0 saturated carbocycles. The molecule has 0 aliphatic rings. The van der Waals surface area contributed by atoms with Crippen molar-refractivity contribution >= 4 is 5.97 Å². The van der Waals surface area contributed by atoms with Crippen LogP contribution in [-0.2, 0) is 10.3 Å². The third-order valence-electron chi connectivity index (χ3n) is 2.59. The molecule has 1 aromatic rings. The Hall–Kier alpha value is -1.46. The first kappa shape index (κ1) is 18.5. The Morgan fingerprint density at radius 2 is 2.05 bits per heavy atom. The maximum absolute atomic E-state index is 11.6. The van der Waals surface area contributed by atoms with Crippen molar-refractivity contribution in [1.82, 2.24) is 4.98 Å². The number of hydrogen-bond acceptors (Lipinski definition) is 5. The van der Waals surface area contributed by atoms with E-state index in [0.717, 1.165) is 12.8 Å². The van der Waals surface area contributed by atoms with Crippen molar-refractivity contribution in [3.05, 3.63) is 29.6 Å². The fourth-order valence-corrected chi connectivity index (χ4v) is 1.31. The lowest BCUT2D eigenvalue weighted by Gasteiger charge is -2.19. The fourth-order valence-electron chi connectivity index (χ4n) is 1.31. The van der Waals surface area contributed by atoms with E-state index in [0.29, 0.717) is 17.9 Å². The summed E-state index contributed by atoms with van der Waals surface area (Å²) in [6.45, 7) is 7.43. The van der Waals surface area contributed by atoms with Crippen molar-refractivity contribution in [3.8, 4) is 0 Å². The number of unbranched alkanes of at least 4 members (excludes halogenated alkanes) is 1. The van der Waals surface area contributed by atoms with Gasteiger partial charge in [-0.05, 0) is 25.5 Å². The predicted octanol–water partition coefficient (Wildman–Crippen LogP) is 2.26. The second-order valence-electron chi connectivity index (χ2n) is 4.35. The Bertz CT molecular complexity index is 387. The third kappa shape index (κ3) is 5.67. The standard InChI is InChI=1S/C13H19NO4.C2H6/c1-3-4-7-18-12(16)10-5-6-11(14-8-10)13(2,17)9-15;1-2/h5-6,8,15,17H,3-4,7,9H2,1-2H3;1-2H3/t13-;/m1./s1. The minimum atomic E-state index is -1.40. The van der Waals surface area contributed by atoms with Gasteiger partial charge in [0.25, 0.3) is 0 Å². The van der Waals surface area contributed by atoms with Crippen LogP contribution in [-0.4, -0.2) is 34.4 Å². The van der Waals surface area contributed by atoms with Gasteiger partial charge in [-0.15, -0.1) is 0 Å². The lowest BCUT2D eigenvalue weighted by atomic mass is 10.0. The highest BCUT2D eigenvalue weighted by atomic mass is 16.5. The van der Waals surface area contributed by atoms with Crippen LogP contribution in [0.15, 0.2) is 18.3 Å². The van der Waals surface area contributed by atoms with E-state index >= 15 is 0 Å². The normalized spacial score (nSPS) is 12.9. The largest absolute Gasteiger partial charge is 0.462 e. The predicted molar refractivity (Wildman–Crippen MR) is 77.4 cm³/mol. The van der Waals surface area contributed by atoms with E-state index in [2.05, 4.69) is 4.98 Å². The van der Waals surface area contributed by atoms with Crippen LogP contribution in [0.5, 0.6) is 0 Å². The van der Waals surface area contributed by atoms with Gasteiger partial charge in [-0.2, -0.15) is 0 Å². The molecule has 0 radical (unpaired) electrons. The molecule has 5 nitrogen and oxygen atoms in total. The molecular weight excluding hydrogens is 258 g/mol. The molecule has 1 heterocycles.